The van der Waals surface area contributed by atoms with Gasteiger partial charge in [0.15, 0.2) is 0 Å². The molecule has 0 heterocycles. The number of nitrogens with two attached hydrogens (primary N) is 1. The van der Waals surface area contributed by atoms with Crippen molar-refractivity contribution < 1.29 is 4.79 Å². The van der Waals surface area contributed by atoms with Gasteiger partial charge < -0.3 is 10.6 Å². The molecule has 110 valence electrons. The summed E-state index contributed by atoms with van der Waals surface area (Å²) in [5.41, 5.74) is 9.56. The zero-order valence-electron chi connectivity index (χ0n) is 12.7. The molecule has 0 spiro atoms. The second-order valence-electron chi connectivity index (χ2n) is 5.30. The standard InChI is InChI=1S/C18H22N2O/c1-3-11-20(17-9-7-16(19)8-10-17)18(21)13-15-6-4-5-14(2)12-15/h4-10,12H,3,11,13,19H2,1-2H3. The molecule has 2 aromatic rings. The number of hydrogen-bond acceptors (Lipinski definition) is 2. The second kappa shape index (κ2) is 6.93. The number of carbonyl (C=O) groups excluding carboxylic acids is 1. The SMILES string of the molecule is CCCN(C(=O)Cc1cccc(C)c1)c1ccc(N)cc1. The van der Waals surface area contributed by atoms with E-state index in [9.17, 15) is 4.79 Å². The lowest BCUT2D eigenvalue weighted by Gasteiger charge is -2.22. The fourth-order valence-electron chi connectivity index (χ4n) is 2.37. The minimum absolute atomic E-state index is 0.118. The van der Waals surface area contributed by atoms with Crippen LogP contribution in [0.15, 0.2) is 48.5 Å². The Hall–Kier alpha value is -2.29. The van der Waals surface area contributed by atoms with Crippen molar-refractivity contribution in [1.29, 1.82) is 0 Å². The van der Waals surface area contributed by atoms with Crippen molar-refractivity contribution in [2.24, 2.45) is 0 Å². The number of anilines is 2. The molecule has 0 aliphatic heterocycles. The average Bonchev–Trinajstić information content (AvgIpc) is 2.46. The normalized spacial score (nSPS) is 10.4. The van der Waals surface area contributed by atoms with Crippen LogP contribution in [0.1, 0.15) is 24.5 Å². The molecular formula is C18H22N2O. The van der Waals surface area contributed by atoms with Crippen LogP contribution in [0.2, 0.25) is 0 Å². The number of rotatable bonds is 5. The number of carbonyl (C=O) groups is 1. The summed E-state index contributed by atoms with van der Waals surface area (Å²) in [6.45, 7) is 4.83. The number of benzene rings is 2. The summed E-state index contributed by atoms with van der Waals surface area (Å²) < 4.78 is 0. The summed E-state index contributed by atoms with van der Waals surface area (Å²) in [4.78, 5) is 14.4. The van der Waals surface area contributed by atoms with Crippen molar-refractivity contribution in [3.63, 3.8) is 0 Å². The summed E-state index contributed by atoms with van der Waals surface area (Å²) in [7, 11) is 0. The quantitative estimate of drug-likeness (QED) is 0.852. The van der Waals surface area contributed by atoms with Crippen LogP contribution in [-0.4, -0.2) is 12.5 Å². The molecule has 21 heavy (non-hydrogen) atoms. The van der Waals surface area contributed by atoms with E-state index in [1.165, 1.54) is 5.56 Å². The van der Waals surface area contributed by atoms with Gasteiger partial charge in [0.05, 0.1) is 6.42 Å². The Bertz CT molecular complexity index is 605. The van der Waals surface area contributed by atoms with Crippen LogP contribution in [0.4, 0.5) is 11.4 Å². The van der Waals surface area contributed by atoms with E-state index in [1.807, 2.05) is 54.3 Å². The highest BCUT2D eigenvalue weighted by molar-refractivity contribution is 5.94. The first-order valence-electron chi connectivity index (χ1n) is 7.31. The topological polar surface area (TPSA) is 46.3 Å². The maximum absolute atomic E-state index is 12.6. The van der Waals surface area contributed by atoms with E-state index in [-0.39, 0.29) is 5.91 Å². The van der Waals surface area contributed by atoms with Gasteiger partial charge in [-0.25, -0.2) is 0 Å². The van der Waals surface area contributed by atoms with Gasteiger partial charge in [-0.1, -0.05) is 36.8 Å². The number of nitrogen functional groups attached to an aromatic ring is 1. The van der Waals surface area contributed by atoms with Gasteiger partial charge in [-0.3, -0.25) is 4.79 Å². The molecule has 0 aromatic heterocycles. The highest BCUT2D eigenvalue weighted by Crippen LogP contribution is 2.18. The summed E-state index contributed by atoms with van der Waals surface area (Å²) in [6, 6.07) is 15.6. The van der Waals surface area contributed by atoms with E-state index in [0.29, 0.717) is 18.7 Å². The molecule has 0 radical (unpaired) electrons. The van der Waals surface area contributed by atoms with Crippen molar-refractivity contribution in [2.45, 2.75) is 26.7 Å². The maximum atomic E-state index is 12.6. The third-order valence-electron chi connectivity index (χ3n) is 3.39. The predicted octanol–water partition coefficient (Wildman–Crippen LogP) is 3.56. The molecule has 2 rings (SSSR count). The van der Waals surface area contributed by atoms with Gasteiger partial charge in [0.2, 0.25) is 5.91 Å². The van der Waals surface area contributed by atoms with E-state index >= 15 is 0 Å². The Kier molecular flexibility index (Phi) is 4.99. The van der Waals surface area contributed by atoms with Gasteiger partial charge in [-0.05, 0) is 43.2 Å². The lowest BCUT2D eigenvalue weighted by atomic mass is 10.1. The van der Waals surface area contributed by atoms with Crippen LogP contribution in [0, 0.1) is 6.92 Å². The highest BCUT2D eigenvalue weighted by Gasteiger charge is 2.15. The van der Waals surface area contributed by atoms with Gasteiger partial charge in [0, 0.05) is 17.9 Å². The van der Waals surface area contributed by atoms with E-state index in [4.69, 9.17) is 5.73 Å². The van der Waals surface area contributed by atoms with Crippen molar-refractivity contribution in [1.82, 2.24) is 0 Å². The molecule has 2 aromatic carbocycles. The monoisotopic (exact) mass is 282 g/mol. The van der Waals surface area contributed by atoms with Crippen molar-refractivity contribution in [3.05, 3.63) is 59.7 Å². The molecule has 0 atom stereocenters. The third-order valence-corrected chi connectivity index (χ3v) is 3.39. The lowest BCUT2D eigenvalue weighted by molar-refractivity contribution is -0.118. The van der Waals surface area contributed by atoms with Gasteiger partial charge in [0.1, 0.15) is 0 Å². The number of hydrogen-bond donors (Lipinski definition) is 1. The van der Waals surface area contributed by atoms with Crippen LogP contribution >= 0.6 is 0 Å². The zero-order valence-corrected chi connectivity index (χ0v) is 12.7. The van der Waals surface area contributed by atoms with Gasteiger partial charge in [-0.15, -0.1) is 0 Å². The Morgan fingerprint density at radius 3 is 2.48 bits per heavy atom. The second-order valence-corrected chi connectivity index (χ2v) is 5.30. The molecule has 3 nitrogen and oxygen atoms in total. The highest BCUT2D eigenvalue weighted by atomic mass is 16.2. The fourth-order valence-corrected chi connectivity index (χ4v) is 2.37. The summed E-state index contributed by atoms with van der Waals surface area (Å²) >= 11 is 0. The van der Waals surface area contributed by atoms with E-state index in [0.717, 1.165) is 17.7 Å². The Labute approximate surface area is 126 Å². The number of nitrogens with zero attached hydrogens (tertiary/aromatic N) is 1. The predicted molar refractivity (Wildman–Crippen MR) is 88.4 cm³/mol. The summed E-state index contributed by atoms with van der Waals surface area (Å²) in [6.07, 6.45) is 1.34. The smallest absolute Gasteiger partial charge is 0.231 e. The molecule has 0 aliphatic carbocycles. The first kappa shape index (κ1) is 15.1. The Morgan fingerprint density at radius 1 is 1.14 bits per heavy atom. The van der Waals surface area contributed by atoms with Crippen LogP contribution in [-0.2, 0) is 11.2 Å². The molecule has 0 saturated heterocycles. The maximum Gasteiger partial charge on any atom is 0.231 e. The van der Waals surface area contributed by atoms with Crippen molar-refractivity contribution >= 4 is 17.3 Å². The van der Waals surface area contributed by atoms with Gasteiger partial charge in [0.25, 0.3) is 0 Å². The molecule has 0 unspecified atom stereocenters. The minimum Gasteiger partial charge on any atom is -0.399 e. The average molecular weight is 282 g/mol. The van der Waals surface area contributed by atoms with Gasteiger partial charge >= 0.3 is 0 Å². The minimum atomic E-state index is 0.118. The van der Waals surface area contributed by atoms with Crippen LogP contribution in [0.5, 0.6) is 0 Å². The van der Waals surface area contributed by atoms with E-state index in [1.54, 1.807) is 0 Å². The first-order valence-corrected chi connectivity index (χ1v) is 7.31. The van der Waals surface area contributed by atoms with Crippen LogP contribution in [0.25, 0.3) is 0 Å². The van der Waals surface area contributed by atoms with Crippen molar-refractivity contribution in [3.8, 4) is 0 Å². The first-order chi connectivity index (χ1) is 10.1. The van der Waals surface area contributed by atoms with Crippen LogP contribution in [0.3, 0.4) is 0 Å². The molecule has 0 saturated carbocycles. The molecular weight excluding hydrogens is 260 g/mol. The summed E-state index contributed by atoms with van der Waals surface area (Å²) in [5, 5.41) is 0. The molecule has 0 aliphatic rings. The molecule has 0 fully saturated rings. The Balaban J connectivity index is 2.17. The number of amides is 1. The molecule has 3 heteroatoms. The largest absolute Gasteiger partial charge is 0.399 e. The fraction of sp³-hybridized carbons (Fsp3) is 0.278. The lowest BCUT2D eigenvalue weighted by Crippen LogP contribution is -2.33. The number of aryl methyl sites for hydroxylation is 1. The van der Waals surface area contributed by atoms with E-state index in [2.05, 4.69) is 13.0 Å². The van der Waals surface area contributed by atoms with Crippen LogP contribution < -0.4 is 10.6 Å². The molecule has 2 N–H and O–H groups in total. The zero-order chi connectivity index (χ0) is 15.2. The van der Waals surface area contributed by atoms with Gasteiger partial charge in [-0.2, -0.15) is 0 Å². The molecule has 1 amide bonds. The summed E-state index contributed by atoms with van der Waals surface area (Å²) in [5.74, 6) is 0.118. The third kappa shape index (κ3) is 4.09. The van der Waals surface area contributed by atoms with Crippen molar-refractivity contribution in [2.75, 3.05) is 17.2 Å². The Morgan fingerprint density at radius 2 is 1.86 bits per heavy atom. The molecule has 0 bridgehead atoms. The van der Waals surface area contributed by atoms with E-state index < -0.39 is 0 Å².